The highest BCUT2D eigenvalue weighted by molar-refractivity contribution is 6.03. The van der Waals surface area contributed by atoms with Crippen LogP contribution in [0.3, 0.4) is 0 Å². The average Bonchev–Trinajstić information content (AvgIpc) is 3.20. The predicted octanol–water partition coefficient (Wildman–Crippen LogP) is 2.96. The molecule has 2 heterocycles. The molecule has 1 fully saturated rings. The highest BCUT2D eigenvalue weighted by Crippen LogP contribution is 2.21. The molecule has 6 nitrogen and oxygen atoms in total. The molecule has 1 amide bonds. The monoisotopic (exact) mass is 348 g/mol. The standard InChI is InChI=1S/C20H20N4O2/c25-20(19-9-10-24(22-19)17-6-2-1-3-7-17)21-16-5-4-8-18(15-16)23-11-13-26-14-12-23/h1-10,15H,11-14H2,(H,21,25). The molecule has 0 saturated carbocycles. The van der Waals surface area contributed by atoms with Gasteiger partial charge in [-0.25, -0.2) is 4.68 Å². The summed E-state index contributed by atoms with van der Waals surface area (Å²) in [4.78, 5) is 14.8. The summed E-state index contributed by atoms with van der Waals surface area (Å²) in [5.41, 5.74) is 3.14. The zero-order valence-electron chi connectivity index (χ0n) is 14.3. The second-order valence-corrected chi connectivity index (χ2v) is 6.08. The molecule has 0 bridgehead atoms. The molecule has 1 aliphatic heterocycles. The Labute approximate surface area is 152 Å². The number of rotatable bonds is 4. The predicted molar refractivity (Wildman–Crippen MR) is 101 cm³/mol. The number of hydrogen-bond donors (Lipinski definition) is 1. The number of benzene rings is 2. The lowest BCUT2D eigenvalue weighted by molar-refractivity contribution is 0.102. The smallest absolute Gasteiger partial charge is 0.276 e. The first-order chi connectivity index (χ1) is 12.8. The van der Waals surface area contributed by atoms with Crippen LogP contribution in [0.2, 0.25) is 0 Å². The fourth-order valence-corrected chi connectivity index (χ4v) is 2.97. The molecule has 1 saturated heterocycles. The van der Waals surface area contributed by atoms with Crippen LogP contribution in [0.5, 0.6) is 0 Å². The van der Waals surface area contributed by atoms with E-state index in [1.54, 1.807) is 16.9 Å². The Bertz CT molecular complexity index is 886. The number of carbonyl (C=O) groups is 1. The van der Waals surface area contributed by atoms with Crippen molar-refractivity contribution in [3.63, 3.8) is 0 Å². The Hall–Kier alpha value is -3.12. The quantitative estimate of drug-likeness (QED) is 0.787. The van der Waals surface area contributed by atoms with E-state index in [-0.39, 0.29) is 5.91 Å². The first-order valence-corrected chi connectivity index (χ1v) is 8.65. The third-order valence-electron chi connectivity index (χ3n) is 4.32. The Morgan fingerprint density at radius 3 is 2.54 bits per heavy atom. The van der Waals surface area contributed by atoms with Crippen molar-refractivity contribution in [2.24, 2.45) is 0 Å². The van der Waals surface area contributed by atoms with E-state index in [1.807, 2.05) is 54.6 Å². The Morgan fingerprint density at radius 2 is 1.73 bits per heavy atom. The van der Waals surface area contributed by atoms with Gasteiger partial charge in [0.25, 0.3) is 5.91 Å². The summed E-state index contributed by atoms with van der Waals surface area (Å²) < 4.78 is 7.08. The van der Waals surface area contributed by atoms with E-state index >= 15 is 0 Å². The van der Waals surface area contributed by atoms with Crippen molar-refractivity contribution in [1.29, 1.82) is 0 Å². The molecule has 1 N–H and O–H groups in total. The number of amides is 1. The molecule has 0 spiro atoms. The van der Waals surface area contributed by atoms with Gasteiger partial charge in [0.2, 0.25) is 0 Å². The molecule has 4 rings (SSSR count). The Morgan fingerprint density at radius 1 is 0.962 bits per heavy atom. The first-order valence-electron chi connectivity index (χ1n) is 8.65. The molecular formula is C20H20N4O2. The van der Waals surface area contributed by atoms with Gasteiger partial charge >= 0.3 is 0 Å². The third kappa shape index (κ3) is 3.60. The fraction of sp³-hybridized carbons (Fsp3) is 0.200. The van der Waals surface area contributed by atoms with Gasteiger partial charge in [-0.3, -0.25) is 4.79 Å². The molecule has 0 aliphatic carbocycles. The zero-order chi connectivity index (χ0) is 17.8. The lowest BCUT2D eigenvalue weighted by atomic mass is 10.2. The Kier molecular flexibility index (Phi) is 4.66. The molecule has 3 aromatic rings. The van der Waals surface area contributed by atoms with Gasteiger partial charge in [-0.05, 0) is 36.4 Å². The van der Waals surface area contributed by atoms with Crippen molar-refractivity contribution in [3.8, 4) is 5.69 Å². The van der Waals surface area contributed by atoms with Crippen LogP contribution in [-0.4, -0.2) is 42.0 Å². The van der Waals surface area contributed by atoms with Crippen LogP contribution in [0.1, 0.15) is 10.5 Å². The van der Waals surface area contributed by atoms with Crippen LogP contribution in [0.15, 0.2) is 66.9 Å². The highest BCUT2D eigenvalue weighted by Gasteiger charge is 2.14. The number of carbonyl (C=O) groups excluding carboxylic acids is 1. The minimum atomic E-state index is -0.223. The number of aromatic nitrogens is 2. The molecule has 0 unspecified atom stereocenters. The van der Waals surface area contributed by atoms with Gasteiger partial charge in [0.05, 0.1) is 18.9 Å². The van der Waals surface area contributed by atoms with Crippen molar-refractivity contribution in [2.75, 3.05) is 36.5 Å². The molecule has 26 heavy (non-hydrogen) atoms. The van der Waals surface area contributed by atoms with Crippen LogP contribution in [0.25, 0.3) is 5.69 Å². The van der Waals surface area contributed by atoms with Crippen molar-refractivity contribution in [3.05, 3.63) is 72.6 Å². The van der Waals surface area contributed by atoms with Gasteiger partial charge in [-0.15, -0.1) is 0 Å². The van der Waals surface area contributed by atoms with Gasteiger partial charge < -0.3 is 15.0 Å². The van der Waals surface area contributed by atoms with E-state index < -0.39 is 0 Å². The number of morpholine rings is 1. The van der Waals surface area contributed by atoms with Crippen LogP contribution < -0.4 is 10.2 Å². The minimum absolute atomic E-state index is 0.223. The minimum Gasteiger partial charge on any atom is -0.378 e. The average molecular weight is 348 g/mol. The second-order valence-electron chi connectivity index (χ2n) is 6.08. The number of ether oxygens (including phenoxy) is 1. The van der Waals surface area contributed by atoms with E-state index in [2.05, 4.69) is 15.3 Å². The lowest BCUT2D eigenvalue weighted by Gasteiger charge is -2.29. The maximum atomic E-state index is 12.5. The van der Waals surface area contributed by atoms with Crippen molar-refractivity contribution in [2.45, 2.75) is 0 Å². The SMILES string of the molecule is O=C(Nc1cccc(N2CCOCC2)c1)c1ccn(-c2ccccc2)n1. The molecular weight excluding hydrogens is 328 g/mol. The van der Waals surface area contributed by atoms with E-state index in [0.717, 1.165) is 43.4 Å². The summed E-state index contributed by atoms with van der Waals surface area (Å²) in [7, 11) is 0. The van der Waals surface area contributed by atoms with E-state index in [4.69, 9.17) is 4.74 Å². The molecule has 132 valence electrons. The van der Waals surface area contributed by atoms with E-state index in [0.29, 0.717) is 5.69 Å². The normalized spacial score (nSPS) is 14.2. The highest BCUT2D eigenvalue weighted by atomic mass is 16.5. The topological polar surface area (TPSA) is 59.4 Å². The summed E-state index contributed by atoms with van der Waals surface area (Å²) >= 11 is 0. The van der Waals surface area contributed by atoms with Crippen LogP contribution in [0.4, 0.5) is 11.4 Å². The van der Waals surface area contributed by atoms with Crippen LogP contribution >= 0.6 is 0 Å². The first kappa shape index (κ1) is 16.4. The molecule has 0 atom stereocenters. The maximum Gasteiger partial charge on any atom is 0.276 e. The van der Waals surface area contributed by atoms with Crippen molar-refractivity contribution in [1.82, 2.24) is 9.78 Å². The largest absolute Gasteiger partial charge is 0.378 e. The fourth-order valence-electron chi connectivity index (χ4n) is 2.97. The lowest BCUT2D eigenvalue weighted by Crippen LogP contribution is -2.36. The Balaban J connectivity index is 1.47. The van der Waals surface area contributed by atoms with Crippen LogP contribution in [0, 0.1) is 0 Å². The van der Waals surface area contributed by atoms with Crippen LogP contribution in [-0.2, 0) is 4.74 Å². The molecule has 0 radical (unpaired) electrons. The van der Waals surface area contributed by atoms with E-state index in [9.17, 15) is 4.79 Å². The summed E-state index contributed by atoms with van der Waals surface area (Å²) in [5.74, 6) is -0.223. The summed E-state index contributed by atoms with van der Waals surface area (Å²) in [6.45, 7) is 3.18. The van der Waals surface area contributed by atoms with E-state index in [1.165, 1.54) is 0 Å². The summed E-state index contributed by atoms with van der Waals surface area (Å²) in [6, 6.07) is 19.3. The number of anilines is 2. The number of nitrogens with one attached hydrogen (secondary N) is 1. The van der Waals surface area contributed by atoms with Gasteiger partial charge in [-0.1, -0.05) is 24.3 Å². The summed E-state index contributed by atoms with van der Waals surface area (Å²) in [6.07, 6.45) is 1.79. The molecule has 6 heteroatoms. The van der Waals surface area contributed by atoms with Gasteiger partial charge in [0, 0.05) is 30.7 Å². The summed E-state index contributed by atoms with van der Waals surface area (Å²) in [5, 5.41) is 7.30. The number of para-hydroxylation sites is 1. The van der Waals surface area contributed by atoms with Crippen molar-refractivity contribution >= 4 is 17.3 Å². The third-order valence-corrected chi connectivity index (χ3v) is 4.32. The molecule has 2 aromatic carbocycles. The zero-order valence-corrected chi connectivity index (χ0v) is 14.3. The molecule has 1 aliphatic rings. The van der Waals surface area contributed by atoms with Gasteiger partial charge in [-0.2, -0.15) is 5.10 Å². The second kappa shape index (κ2) is 7.41. The van der Waals surface area contributed by atoms with Gasteiger partial charge in [0.1, 0.15) is 0 Å². The molecule has 1 aromatic heterocycles. The number of hydrogen-bond acceptors (Lipinski definition) is 4. The number of nitrogens with zero attached hydrogens (tertiary/aromatic N) is 3. The maximum absolute atomic E-state index is 12.5. The van der Waals surface area contributed by atoms with Crippen molar-refractivity contribution < 1.29 is 9.53 Å². The van der Waals surface area contributed by atoms with Gasteiger partial charge in [0.15, 0.2) is 5.69 Å².